The molecule has 0 saturated heterocycles. The molecule has 0 radical (unpaired) electrons. The number of benzene rings is 2. The Morgan fingerprint density at radius 1 is 1.10 bits per heavy atom. The van der Waals surface area contributed by atoms with Gasteiger partial charge in [-0.25, -0.2) is 8.78 Å². The lowest BCUT2D eigenvalue weighted by Gasteiger charge is -2.09. The highest BCUT2D eigenvalue weighted by atomic mass is 19.1. The van der Waals surface area contributed by atoms with Crippen LogP contribution in [0.25, 0.3) is 0 Å². The molecule has 0 fully saturated rings. The van der Waals surface area contributed by atoms with E-state index >= 15 is 0 Å². The third-order valence-electron chi connectivity index (χ3n) is 2.90. The molecule has 0 aliphatic rings. The lowest BCUT2D eigenvalue weighted by atomic mass is 10.2. The van der Waals surface area contributed by atoms with Crippen LogP contribution in [0.15, 0.2) is 36.4 Å². The Bertz CT molecular complexity index is 577. The SMILES string of the molecule is CCCOc1ccc(NCc2cc(F)c(O)c(F)c2)cc1. The van der Waals surface area contributed by atoms with Crippen LogP contribution < -0.4 is 10.1 Å². The predicted molar refractivity (Wildman–Crippen MR) is 77.6 cm³/mol. The number of phenols is 1. The molecule has 0 spiro atoms. The van der Waals surface area contributed by atoms with E-state index in [1.165, 1.54) is 0 Å². The van der Waals surface area contributed by atoms with Gasteiger partial charge in [0.15, 0.2) is 17.4 Å². The molecule has 112 valence electrons. The summed E-state index contributed by atoms with van der Waals surface area (Å²) in [7, 11) is 0. The van der Waals surface area contributed by atoms with Gasteiger partial charge in [-0.15, -0.1) is 0 Å². The summed E-state index contributed by atoms with van der Waals surface area (Å²) in [6, 6.07) is 9.52. The van der Waals surface area contributed by atoms with Crippen LogP contribution in [0.4, 0.5) is 14.5 Å². The molecular formula is C16H17F2NO2. The van der Waals surface area contributed by atoms with E-state index in [1.807, 2.05) is 31.2 Å². The molecule has 2 aromatic rings. The molecular weight excluding hydrogens is 276 g/mol. The Morgan fingerprint density at radius 3 is 2.29 bits per heavy atom. The maximum absolute atomic E-state index is 13.2. The lowest BCUT2D eigenvalue weighted by molar-refractivity contribution is 0.317. The minimum Gasteiger partial charge on any atom is -0.503 e. The number of nitrogens with one attached hydrogen (secondary N) is 1. The van der Waals surface area contributed by atoms with Crippen LogP contribution in [-0.4, -0.2) is 11.7 Å². The average Bonchev–Trinajstić information content (AvgIpc) is 2.49. The van der Waals surface area contributed by atoms with Crippen molar-refractivity contribution < 1.29 is 18.6 Å². The number of aromatic hydroxyl groups is 1. The van der Waals surface area contributed by atoms with Gasteiger partial charge in [-0.1, -0.05) is 6.92 Å². The van der Waals surface area contributed by atoms with Crippen LogP contribution >= 0.6 is 0 Å². The molecule has 0 amide bonds. The van der Waals surface area contributed by atoms with E-state index in [1.54, 1.807) is 0 Å². The van der Waals surface area contributed by atoms with Crippen molar-refractivity contribution in [1.82, 2.24) is 0 Å². The summed E-state index contributed by atoms with van der Waals surface area (Å²) in [5.41, 5.74) is 1.22. The second kappa shape index (κ2) is 6.92. The molecule has 2 rings (SSSR count). The van der Waals surface area contributed by atoms with E-state index in [0.717, 1.165) is 30.0 Å². The fraction of sp³-hybridized carbons (Fsp3) is 0.250. The van der Waals surface area contributed by atoms with Gasteiger partial charge in [0.05, 0.1) is 6.61 Å². The van der Waals surface area contributed by atoms with Gasteiger partial charge in [-0.05, 0) is 48.4 Å². The van der Waals surface area contributed by atoms with Crippen molar-refractivity contribution in [2.24, 2.45) is 0 Å². The standard InChI is InChI=1S/C16H17F2NO2/c1-2-7-21-13-5-3-12(4-6-13)19-10-11-8-14(17)16(20)15(18)9-11/h3-6,8-9,19-20H,2,7,10H2,1H3. The van der Waals surface area contributed by atoms with Crippen molar-refractivity contribution in [3.05, 3.63) is 53.6 Å². The predicted octanol–water partition coefficient (Wildman–Crippen LogP) is 4.07. The van der Waals surface area contributed by atoms with E-state index < -0.39 is 17.4 Å². The number of phenolic OH excluding ortho intramolecular Hbond substituents is 1. The van der Waals surface area contributed by atoms with Crippen LogP contribution in [0, 0.1) is 11.6 Å². The van der Waals surface area contributed by atoms with Crippen molar-refractivity contribution in [2.45, 2.75) is 19.9 Å². The van der Waals surface area contributed by atoms with Crippen LogP contribution in [0.3, 0.4) is 0 Å². The van der Waals surface area contributed by atoms with Crippen LogP contribution in [0.2, 0.25) is 0 Å². The summed E-state index contributed by atoms with van der Waals surface area (Å²) in [5.74, 6) is -2.09. The third-order valence-corrected chi connectivity index (χ3v) is 2.90. The fourth-order valence-corrected chi connectivity index (χ4v) is 1.81. The molecule has 0 aromatic heterocycles. The Kier molecular flexibility index (Phi) is 4.98. The molecule has 21 heavy (non-hydrogen) atoms. The molecule has 5 heteroatoms. The monoisotopic (exact) mass is 293 g/mol. The molecule has 3 nitrogen and oxygen atoms in total. The lowest BCUT2D eigenvalue weighted by Crippen LogP contribution is -2.01. The summed E-state index contributed by atoms with van der Waals surface area (Å²) >= 11 is 0. The summed E-state index contributed by atoms with van der Waals surface area (Å²) in [4.78, 5) is 0. The van der Waals surface area contributed by atoms with E-state index in [2.05, 4.69) is 5.32 Å². The largest absolute Gasteiger partial charge is 0.503 e. The fourth-order valence-electron chi connectivity index (χ4n) is 1.81. The van der Waals surface area contributed by atoms with Gasteiger partial charge in [-0.3, -0.25) is 0 Å². The van der Waals surface area contributed by atoms with E-state index in [0.29, 0.717) is 12.2 Å². The molecule has 0 aliphatic carbocycles. The highest BCUT2D eigenvalue weighted by Gasteiger charge is 2.09. The van der Waals surface area contributed by atoms with Gasteiger partial charge in [0.1, 0.15) is 5.75 Å². The zero-order valence-electron chi connectivity index (χ0n) is 11.7. The van der Waals surface area contributed by atoms with E-state index in [4.69, 9.17) is 9.84 Å². The first-order valence-electron chi connectivity index (χ1n) is 6.73. The minimum absolute atomic E-state index is 0.253. The van der Waals surface area contributed by atoms with Gasteiger partial charge in [-0.2, -0.15) is 0 Å². The molecule has 0 unspecified atom stereocenters. The molecule has 0 bridgehead atoms. The van der Waals surface area contributed by atoms with E-state index in [-0.39, 0.29) is 6.54 Å². The summed E-state index contributed by atoms with van der Waals surface area (Å²) in [5, 5.41) is 12.1. The molecule has 0 saturated carbocycles. The van der Waals surface area contributed by atoms with Crippen molar-refractivity contribution in [3.63, 3.8) is 0 Å². The van der Waals surface area contributed by atoms with Gasteiger partial charge >= 0.3 is 0 Å². The minimum atomic E-state index is -0.963. The topological polar surface area (TPSA) is 41.5 Å². The smallest absolute Gasteiger partial charge is 0.187 e. The second-order valence-corrected chi connectivity index (χ2v) is 4.63. The van der Waals surface area contributed by atoms with Crippen molar-refractivity contribution in [2.75, 3.05) is 11.9 Å². The molecule has 2 aromatic carbocycles. The van der Waals surface area contributed by atoms with Crippen LogP contribution in [0.5, 0.6) is 11.5 Å². The Hall–Kier alpha value is -2.30. The number of rotatable bonds is 6. The maximum atomic E-state index is 13.2. The highest BCUT2D eigenvalue weighted by Crippen LogP contribution is 2.22. The first kappa shape index (κ1) is 15.1. The number of ether oxygens (including phenoxy) is 1. The summed E-state index contributed by atoms with van der Waals surface area (Å²) in [6.45, 7) is 2.95. The zero-order chi connectivity index (χ0) is 15.2. The number of hydrogen-bond acceptors (Lipinski definition) is 3. The summed E-state index contributed by atoms with van der Waals surface area (Å²) in [6.07, 6.45) is 0.942. The van der Waals surface area contributed by atoms with Crippen molar-refractivity contribution >= 4 is 5.69 Å². The maximum Gasteiger partial charge on any atom is 0.187 e. The van der Waals surface area contributed by atoms with Gasteiger partial charge in [0, 0.05) is 12.2 Å². The van der Waals surface area contributed by atoms with Crippen molar-refractivity contribution in [3.8, 4) is 11.5 Å². The van der Waals surface area contributed by atoms with Crippen LogP contribution in [0.1, 0.15) is 18.9 Å². The average molecular weight is 293 g/mol. The number of hydrogen-bond donors (Lipinski definition) is 2. The van der Waals surface area contributed by atoms with Crippen LogP contribution in [-0.2, 0) is 6.54 Å². The molecule has 0 atom stereocenters. The third kappa shape index (κ3) is 4.08. The second-order valence-electron chi connectivity index (χ2n) is 4.63. The van der Waals surface area contributed by atoms with Gasteiger partial charge < -0.3 is 15.2 Å². The molecule has 2 N–H and O–H groups in total. The first-order valence-corrected chi connectivity index (χ1v) is 6.73. The Balaban J connectivity index is 1.96. The quantitative estimate of drug-likeness (QED) is 0.843. The Labute approximate surface area is 122 Å². The number of anilines is 1. The molecule has 0 heterocycles. The van der Waals surface area contributed by atoms with Gasteiger partial charge in [0.25, 0.3) is 0 Å². The van der Waals surface area contributed by atoms with E-state index in [9.17, 15) is 8.78 Å². The highest BCUT2D eigenvalue weighted by molar-refractivity contribution is 5.47. The first-order chi connectivity index (χ1) is 10.1. The van der Waals surface area contributed by atoms with Gasteiger partial charge in [0.2, 0.25) is 0 Å². The molecule has 0 aliphatic heterocycles. The zero-order valence-corrected chi connectivity index (χ0v) is 11.7. The van der Waals surface area contributed by atoms with Crippen molar-refractivity contribution in [1.29, 1.82) is 0 Å². The summed E-state index contributed by atoms with van der Waals surface area (Å²) < 4.78 is 31.9. The normalized spacial score (nSPS) is 10.4. The Morgan fingerprint density at radius 2 is 1.71 bits per heavy atom. The number of halogens is 2.